The van der Waals surface area contributed by atoms with Crippen LogP contribution in [0.3, 0.4) is 0 Å². The highest BCUT2D eigenvalue weighted by Gasteiger charge is 2.21. The van der Waals surface area contributed by atoms with Crippen LogP contribution in [0.15, 0.2) is 0 Å². The first kappa shape index (κ1) is 12.9. The third-order valence-electron chi connectivity index (χ3n) is 3.36. The number of hydrogen-bond acceptors (Lipinski definition) is 3. The minimum absolute atomic E-state index is 0.591. The van der Waals surface area contributed by atoms with Crippen LogP contribution in [-0.4, -0.2) is 32.3 Å². The maximum atomic E-state index is 5.50. The molecule has 1 fully saturated rings. The van der Waals surface area contributed by atoms with E-state index in [1.165, 1.54) is 12.8 Å². The summed E-state index contributed by atoms with van der Waals surface area (Å²) in [5.41, 5.74) is 5.50. The fourth-order valence-electron chi connectivity index (χ4n) is 2.07. The van der Waals surface area contributed by atoms with Gasteiger partial charge < -0.3 is 15.8 Å². The van der Waals surface area contributed by atoms with Gasteiger partial charge >= 0.3 is 0 Å². The van der Waals surface area contributed by atoms with E-state index < -0.39 is 0 Å². The van der Waals surface area contributed by atoms with Crippen molar-refractivity contribution in [2.24, 2.45) is 17.6 Å². The quantitative estimate of drug-likeness (QED) is 0.673. The van der Waals surface area contributed by atoms with Crippen LogP contribution in [0.1, 0.15) is 33.1 Å². The van der Waals surface area contributed by atoms with Gasteiger partial charge in [-0.05, 0) is 51.1 Å². The molecule has 0 bridgehead atoms. The Hall–Kier alpha value is -0.120. The van der Waals surface area contributed by atoms with Crippen molar-refractivity contribution in [3.63, 3.8) is 0 Å². The molecule has 0 saturated carbocycles. The van der Waals surface area contributed by atoms with E-state index >= 15 is 0 Å². The lowest BCUT2D eigenvalue weighted by atomic mass is 9.99. The molecule has 1 aliphatic rings. The van der Waals surface area contributed by atoms with Crippen LogP contribution in [0.25, 0.3) is 0 Å². The molecule has 3 N–H and O–H groups in total. The van der Waals surface area contributed by atoms with Gasteiger partial charge in [-0.2, -0.15) is 0 Å². The molecule has 0 aliphatic carbocycles. The number of rotatable bonds is 7. The highest BCUT2D eigenvalue weighted by Crippen LogP contribution is 2.16. The van der Waals surface area contributed by atoms with Crippen molar-refractivity contribution in [3.05, 3.63) is 0 Å². The number of nitrogens with one attached hydrogen (secondary N) is 1. The van der Waals surface area contributed by atoms with Gasteiger partial charge in [0.25, 0.3) is 0 Å². The van der Waals surface area contributed by atoms with Crippen LogP contribution in [0.4, 0.5) is 0 Å². The molecule has 3 heteroatoms. The lowest BCUT2D eigenvalue weighted by Crippen LogP contribution is -2.36. The fourth-order valence-corrected chi connectivity index (χ4v) is 2.07. The first-order valence-corrected chi connectivity index (χ1v) is 6.25. The molecule has 0 aromatic heterocycles. The van der Waals surface area contributed by atoms with Crippen molar-refractivity contribution < 1.29 is 4.74 Å². The monoisotopic (exact) mass is 214 g/mol. The summed E-state index contributed by atoms with van der Waals surface area (Å²) in [6.07, 6.45) is 3.59. The maximum Gasteiger partial charge on any atom is 0.0509 e. The van der Waals surface area contributed by atoms with Gasteiger partial charge in [0.1, 0.15) is 0 Å². The molecule has 3 atom stereocenters. The van der Waals surface area contributed by atoms with Crippen LogP contribution in [0, 0.1) is 11.8 Å². The zero-order valence-electron chi connectivity index (χ0n) is 10.2. The van der Waals surface area contributed by atoms with E-state index in [4.69, 9.17) is 10.5 Å². The largest absolute Gasteiger partial charge is 0.381 e. The van der Waals surface area contributed by atoms with Gasteiger partial charge in [-0.15, -0.1) is 0 Å². The Kier molecular flexibility index (Phi) is 6.22. The molecule has 0 amide bonds. The summed E-state index contributed by atoms with van der Waals surface area (Å²) in [5.74, 6) is 1.45. The Morgan fingerprint density at radius 1 is 1.47 bits per heavy atom. The van der Waals surface area contributed by atoms with E-state index in [-0.39, 0.29) is 0 Å². The third-order valence-corrected chi connectivity index (χ3v) is 3.36. The Bertz CT molecular complexity index is 158. The van der Waals surface area contributed by atoms with Crippen LogP contribution in [-0.2, 0) is 4.74 Å². The molecule has 90 valence electrons. The van der Waals surface area contributed by atoms with Crippen molar-refractivity contribution in [1.29, 1.82) is 0 Å². The zero-order chi connectivity index (χ0) is 11.1. The van der Waals surface area contributed by atoms with Crippen LogP contribution < -0.4 is 11.1 Å². The number of nitrogens with two attached hydrogens (primary N) is 1. The topological polar surface area (TPSA) is 47.3 Å². The smallest absolute Gasteiger partial charge is 0.0509 e. The van der Waals surface area contributed by atoms with Gasteiger partial charge in [-0.25, -0.2) is 0 Å². The average Bonchev–Trinajstić information content (AvgIpc) is 2.76. The van der Waals surface area contributed by atoms with Gasteiger partial charge in [0.2, 0.25) is 0 Å². The summed E-state index contributed by atoms with van der Waals surface area (Å²) in [6, 6.07) is 0.591. The van der Waals surface area contributed by atoms with E-state index in [1.54, 1.807) is 0 Å². The van der Waals surface area contributed by atoms with E-state index in [0.717, 1.165) is 38.6 Å². The summed E-state index contributed by atoms with van der Waals surface area (Å²) in [4.78, 5) is 0. The summed E-state index contributed by atoms with van der Waals surface area (Å²) in [5, 5.41) is 3.61. The summed E-state index contributed by atoms with van der Waals surface area (Å²) < 4.78 is 5.39. The second-order valence-corrected chi connectivity index (χ2v) is 4.86. The van der Waals surface area contributed by atoms with Crippen LogP contribution in [0.2, 0.25) is 0 Å². The molecule has 0 spiro atoms. The van der Waals surface area contributed by atoms with Gasteiger partial charge in [0, 0.05) is 12.6 Å². The molecule has 1 rings (SSSR count). The van der Waals surface area contributed by atoms with Crippen molar-refractivity contribution in [1.82, 2.24) is 5.32 Å². The van der Waals surface area contributed by atoms with Gasteiger partial charge in [0.05, 0.1) is 6.61 Å². The molecule has 0 aromatic rings. The third kappa shape index (κ3) is 4.96. The SMILES string of the molecule is CC(CCCN)CNC(C)C1CCOC1. The Morgan fingerprint density at radius 2 is 2.27 bits per heavy atom. The Morgan fingerprint density at radius 3 is 2.87 bits per heavy atom. The fraction of sp³-hybridized carbons (Fsp3) is 1.00. The maximum absolute atomic E-state index is 5.50. The summed E-state index contributed by atoms with van der Waals surface area (Å²) >= 11 is 0. The minimum Gasteiger partial charge on any atom is -0.381 e. The molecule has 15 heavy (non-hydrogen) atoms. The second kappa shape index (κ2) is 7.20. The van der Waals surface area contributed by atoms with Gasteiger partial charge in [-0.3, -0.25) is 0 Å². The normalized spacial score (nSPS) is 25.4. The molecule has 0 radical (unpaired) electrons. The van der Waals surface area contributed by atoms with E-state index in [9.17, 15) is 0 Å². The molecule has 1 saturated heterocycles. The van der Waals surface area contributed by atoms with Gasteiger partial charge in [-0.1, -0.05) is 6.92 Å². The van der Waals surface area contributed by atoms with Crippen LogP contribution >= 0.6 is 0 Å². The highest BCUT2D eigenvalue weighted by molar-refractivity contribution is 4.76. The standard InChI is InChI=1S/C12H26N2O/c1-10(4-3-6-13)8-14-11(2)12-5-7-15-9-12/h10-12,14H,3-9,13H2,1-2H3. The lowest BCUT2D eigenvalue weighted by molar-refractivity contribution is 0.177. The first-order chi connectivity index (χ1) is 7.24. The van der Waals surface area contributed by atoms with Crippen molar-refractivity contribution in [2.75, 3.05) is 26.3 Å². The molecule has 1 heterocycles. The molecule has 3 nitrogen and oxygen atoms in total. The molecule has 3 unspecified atom stereocenters. The highest BCUT2D eigenvalue weighted by atomic mass is 16.5. The molecule has 0 aromatic carbocycles. The predicted octanol–water partition coefficient (Wildman–Crippen LogP) is 1.38. The minimum atomic E-state index is 0.591. The zero-order valence-corrected chi connectivity index (χ0v) is 10.2. The lowest BCUT2D eigenvalue weighted by Gasteiger charge is -2.21. The van der Waals surface area contributed by atoms with E-state index in [1.807, 2.05) is 0 Å². The Labute approximate surface area is 93.8 Å². The van der Waals surface area contributed by atoms with Crippen molar-refractivity contribution in [2.45, 2.75) is 39.2 Å². The summed E-state index contributed by atoms with van der Waals surface area (Å²) in [6.45, 7) is 8.37. The molecular weight excluding hydrogens is 188 g/mol. The molecular formula is C12H26N2O. The van der Waals surface area contributed by atoms with Gasteiger partial charge in [0.15, 0.2) is 0 Å². The van der Waals surface area contributed by atoms with Crippen LogP contribution in [0.5, 0.6) is 0 Å². The molecule has 1 aliphatic heterocycles. The second-order valence-electron chi connectivity index (χ2n) is 4.86. The van der Waals surface area contributed by atoms with Crippen molar-refractivity contribution in [3.8, 4) is 0 Å². The summed E-state index contributed by atoms with van der Waals surface area (Å²) in [7, 11) is 0. The van der Waals surface area contributed by atoms with Crippen molar-refractivity contribution >= 4 is 0 Å². The number of ether oxygens (including phenoxy) is 1. The predicted molar refractivity (Wildman–Crippen MR) is 63.8 cm³/mol. The Balaban J connectivity index is 2.07. The van der Waals surface area contributed by atoms with E-state index in [2.05, 4.69) is 19.2 Å². The average molecular weight is 214 g/mol. The van der Waals surface area contributed by atoms with E-state index in [0.29, 0.717) is 12.0 Å². The number of hydrogen-bond donors (Lipinski definition) is 2. The first-order valence-electron chi connectivity index (χ1n) is 6.25.